The Morgan fingerprint density at radius 2 is 2.04 bits per heavy atom. The summed E-state index contributed by atoms with van der Waals surface area (Å²) >= 11 is -0.0578. The average molecular weight is 420 g/mol. The van der Waals surface area contributed by atoms with Crippen molar-refractivity contribution in [3.8, 4) is 0 Å². The van der Waals surface area contributed by atoms with Gasteiger partial charge in [-0.3, -0.25) is 0 Å². The van der Waals surface area contributed by atoms with E-state index < -0.39 is 17.2 Å². The molecule has 0 bridgehead atoms. The van der Waals surface area contributed by atoms with Crippen LogP contribution in [-0.4, -0.2) is 35.3 Å². The predicted octanol–water partition coefficient (Wildman–Crippen LogP) is 3.42. The van der Waals surface area contributed by atoms with E-state index in [4.69, 9.17) is 9.47 Å². The molecule has 0 spiro atoms. The number of nitrogens with one attached hydrogen (secondary N) is 1. The molecule has 3 atom stereocenters. The molecule has 2 heterocycles. The van der Waals surface area contributed by atoms with Crippen LogP contribution in [0.15, 0.2) is 48.5 Å². The van der Waals surface area contributed by atoms with Crippen molar-refractivity contribution in [1.29, 1.82) is 0 Å². The number of fused-ring (bicyclic) bond motifs is 1. The molecule has 6 heteroatoms. The van der Waals surface area contributed by atoms with Gasteiger partial charge in [0.1, 0.15) is 0 Å². The Morgan fingerprint density at radius 1 is 1.19 bits per heavy atom. The maximum absolute atomic E-state index is 14.4. The van der Waals surface area contributed by atoms with E-state index in [0.717, 1.165) is 23.3 Å². The zero-order valence-corrected chi connectivity index (χ0v) is 16.2. The number of hydrogen-bond donors (Lipinski definition) is 1. The molecule has 2 saturated heterocycles. The van der Waals surface area contributed by atoms with Crippen molar-refractivity contribution in [2.24, 2.45) is 5.92 Å². The zero-order valence-electron chi connectivity index (χ0n) is 14.3. The predicted molar refractivity (Wildman–Crippen MR) is 95.7 cm³/mol. The van der Waals surface area contributed by atoms with Gasteiger partial charge in [-0.05, 0) is 0 Å². The summed E-state index contributed by atoms with van der Waals surface area (Å²) in [6, 6.07) is 13.9. The van der Waals surface area contributed by atoms with Crippen molar-refractivity contribution in [3.05, 3.63) is 71.3 Å². The minimum absolute atomic E-state index is 0.0152. The molecule has 1 N–H and O–H groups in total. The first-order chi connectivity index (χ1) is 12.7. The molecule has 0 amide bonds. The quantitative estimate of drug-likeness (QED) is 0.753. The Hall–Kier alpha value is -1.26. The molecule has 137 valence electrons. The van der Waals surface area contributed by atoms with Gasteiger partial charge in [-0.1, -0.05) is 0 Å². The minimum atomic E-state index is -0.547. The fraction of sp³-hybridized carbons (Fsp3) is 0.400. The van der Waals surface area contributed by atoms with Crippen LogP contribution in [-0.2, 0) is 21.6 Å². The number of hydrogen-bond acceptors (Lipinski definition) is 3. The fourth-order valence-electron chi connectivity index (χ4n) is 3.81. The van der Waals surface area contributed by atoms with E-state index in [-0.39, 0.29) is 22.1 Å². The van der Waals surface area contributed by atoms with Gasteiger partial charge in [0.2, 0.25) is 0 Å². The maximum atomic E-state index is 14.4. The van der Waals surface area contributed by atoms with Gasteiger partial charge in [0.05, 0.1) is 0 Å². The van der Waals surface area contributed by atoms with E-state index in [1.165, 1.54) is 6.07 Å². The van der Waals surface area contributed by atoms with Crippen LogP contribution in [0.25, 0.3) is 0 Å². The van der Waals surface area contributed by atoms with E-state index in [2.05, 4.69) is 4.23 Å². The second-order valence-electron chi connectivity index (χ2n) is 6.91. The van der Waals surface area contributed by atoms with Gasteiger partial charge in [-0.15, -0.1) is 0 Å². The van der Waals surface area contributed by atoms with Crippen LogP contribution in [0.1, 0.15) is 17.5 Å². The van der Waals surface area contributed by atoms with Crippen LogP contribution in [0.5, 0.6) is 0 Å². The summed E-state index contributed by atoms with van der Waals surface area (Å²) in [5.41, 5.74) is 1.15. The summed E-state index contributed by atoms with van der Waals surface area (Å²) in [7, 11) is 0. The first kappa shape index (κ1) is 18.1. The van der Waals surface area contributed by atoms with Gasteiger partial charge in [0.15, 0.2) is 0 Å². The molecule has 3 nitrogen and oxygen atoms in total. The van der Waals surface area contributed by atoms with Gasteiger partial charge in [0, 0.05) is 0 Å². The second kappa shape index (κ2) is 7.77. The first-order valence-electron chi connectivity index (χ1n) is 8.80. The molecule has 2 aromatic rings. The topological polar surface area (TPSA) is 30.5 Å². The Labute approximate surface area is 159 Å². The standard InChI is InChI=1S/C20H21AsF2NO2/c22-16-6-7-18(19(23)9-16)20-13-26-17(8-15(20)10-21-24-20)12-25-11-14-4-2-1-3-5-14/h1-7,9,15,17,24H,8,10-13H2/t15-,17+,20-/m0/s1. The zero-order chi connectivity index (χ0) is 18.0. The Bertz CT molecular complexity index is 761. The SMILES string of the molecule is Fc1ccc([C@]23CO[C@@H](COCc4ccccc4)C[C@H]2C[As]N3)c(F)c1. The molecule has 2 aliphatic rings. The van der Waals surface area contributed by atoms with Crippen molar-refractivity contribution >= 4 is 16.0 Å². The van der Waals surface area contributed by atoms with E-state index in [1.807, 2.05) is 30.3 Å². The molecular weight excluding hydrogens is 399 g/mol. The Kier molecular flexibility index (Phi) is 5.42. The number of halogens is 2. The van der Waals surface area contributed by atoms with E-state index in [1.54, 1.807) is 6.07 Å². The average Bonchev–Trinajstić information content (AvgIpc) is 3.06. The van der Waals surface area contributed by atoms with Crippen molar-refractivity contribution in [2.75, 3.05) is 13.2 Å². The van der Waals surface area contributed by atoms with Gasteiger partial charge in [-0.2, -0.15) is 0 Å². The molecular formula is C20H21AsF2NO2. The fourth-order valence-corrected chi connectivity index (χ4v) is 6.80. The van der Waals surface area contributed by atoms with Crippen LogP contribution in [0.4, 0.5) is 8.78 Å². The van der Waals surface area contributed by atoms with Crippen LogP contribution < -0.4 is 4.23 Å². The third kappa shape index (κ3) is 3.59. The van der Waals surface area contributed by atoms with Crippen molar-refractivity contribution in [3.63, 3.8) is 0 Å². The molecule has 26 heavy (non-hydrogen) atoms. The summed E-state index contributed by atoms with van der Waals surface area (Å²) in [5, 5.41) is 1.05. The molecule has 1 radical (unpaired) electrons. The molecule has 2 aliphatic heterocycles. The van der Waals surface area contributed by atoms with E-state index >= 15 is 0 Å². The van der Waals surface area contributed by atoms with Crippen molar-refractivity contribution in [2.45, 2.75) is 29.9 Å². The summed E-state index contributed by atoms with van der Waals surface area (Å²) in [5.74, 6) is -0.746. The first-order valence-corrected chi connectivity index (χ1v) is 11.1. The van der Waals surface area contributed by atoms with Crippen LogP contribution in [0.3, 0.4) is 0 Å². The number of rotatable bonds is 5. The van der Waals surface area contributed by atoms with Crippen LogP contribution in [0, 0.1) is 17.6 Å². The third-order valence-electron chi connectivity index (χ3n) is 5.21. The van der Waals surface area contributed by atoms with Crippen LogP contribution in [0.2, 0.25) is 5.21 Å². The molecule has 0 aromatic heterocycles. The number of benzene rings is 2. The third-order valence-corrected chi connectivity index (χ3v) is 7.69. The summed E-state index contributed by atoms with van der Waals surface area (Å²) in [4.78, 5) is 0. The monoisotopic (exact) mass is 420 g/mol. The Balaban J connectivity index is 1.40. The van der Waals surface area contributed by atoms with Gasteiger partial charge in [0.25, 0.3) is 0 Å². The normalized spacial score (nSPS) is 29.0. The van der Waals surface area contributed by atoms with Crippen molar-refractivity contribution < 1.29 is 18.3 Å². The van der Waals surface area contributed by atoms with E-state index in [9.17, 15) is 8.78 Å². The summed E-state index contributed by atoms with van der Waals surface area (Å²) < 4.78 is 43.1. The van der Waals surface area contributed by atoms with Gasteiger partial charge < -0.3 is 0 Å². The Morgan fingerprint density at radius 3 is 2.85 bits per heavy atom. The number of ether oxygens (including phenoxy) is 2. The van der Waals surface area contributed by atoms with Gasteiger partial charge in [-0.25, -0.2) is 0 Å². The molecule has 2 fully saturated rings. The van der Waals surface area contributed by atoms with Crippen molar-refractivity contribution in [1.82, 2.24) is 4.23 Å². The second-order valence-corrected chi connectivity index (χ2v) is 8.81. The van der Waals surface area contributed by atoms with E-state index in [0.29, 0.717) is 31.3 Å². The molecule has 0 saturated carbocycles. The molecule has 0 aliphatic carbocycles. The van der Waals surface area contributed by atoms with Crippen LogP contribution >= 0.6 is 0 Å². The summed E-state index contributed by atoms with van der Waals surface area (Å²) in [6.07, 6.45) is 0.843. The molecule has 4 rings (SSSR count). The van der Waals surface area contributed by atoms with Gasteiger partial charge >= 0.3 is 159 Å². The molecule has 2 aromatic carbocycles. The summed E-state index contributed by atoms with van der Waals surface area (Å²) in [6.45, 7) is 1.49. The molecule has 0 unspecified atom stereocenters.